The van der Waals surface area contributed by atoms with Crippen molar-refractivity contribution < 1.29 is 9.53 Å². The largest absolute Gasteiger partial charge is 0.466 e. The molecule has 0 aliphatic rings. The highest BCUT2D eigenvalue weighted by atomic mass is 16.5. The molecule has 15 heavy (non-hydrogen) atoms. The molecule has 0 radical (unpaired) electrons. The lowest BCUT2D eigenvalue weighted by molar-refractivity contribution is -0.136. The van der Waals surface area contributed by atoms with Crippen molar-refractivity contribution in [3.8, 4) is 0 Å². The highest BCUT2D eigenvalue weighted by molar-refractivity contribution is 5.87. The first-order valence-electron chi connectivity index (χ1n) is 5.27. The van der Waals surface area contributed by atoms with E-state index in [0.717, 1.165) is 0 Å². The Labute approximate surface area is 92.9 Å². The highest BCUT2D eigenvalue weighted by Gasteiger charge is 2.18. The highest BCUT2D eigenvalue weighted by Crippen LogP contribution is 2.18. The Morgan fingerprint density at radius 2 is 2.00 bits per heavy atom. The van der Waals surface area contributed by atoms with E-state index in [0.29, 0.717) is 18.2 Å². The minimum Gasteiger partial charge on any atom is -0.466 e. The van der Waals surface area contributed by atoms with Gasteiger partial charge in [0.15, 0.2) is 0 Å². The second-order valence-electron chi connectivity index (χ2n) is 4.87. The van der Waals surface area contributed by atoms with Crippen molar-refractivity contribution in [3.63, 3.8) is 0 Å². The van der Waals surface area contributed by atoms with Crippen LogP contribution in [-0.4, -0.2) is 25.7 Å². The summed E-state index contributed by atoms with van der Waals surface area (Å²) in [7, 11) is 1.39. The monoisotopic (exact) mass is 213 g/mol. The number of hydrogen-bond acceptors (Lipinski definition) is 3. The van der Waals surface area contributed by atoms with Gasteiger partial charge in [-0.05, 0) is 19.3 Å². The molecule has 0 aromatic heterocycles. The van der Waals surface area contributed by atoms with Crippen molar-refractivity contribution in [1.82, 2.24) is 5.32 Å². The van der Waals surface area contributed by atoms with Gasteiger partial charge in [-0.2, -0.15) is 0 Å². The molecule has 0 aliphatic heterocycles. The summed E-state index contributed by atoms with van der Waals surface area (Å²) in [4.78, 5) is 11.1. The summed E-state index contributed by atoms with van der Waals surface area (Å²) in [5, 5.41) is 3.35. The van der Waals surface area contributed by atoms with Crippen LogP contribution >= 0.6 is 0 Å². The lowest BCUT2D eigenvalue weighted by Crippen LogP contribution is -2.37. The maximum atomic E-state index is 11.1. The summed E-state index contributed by atoms with van der Waals surface area (Å²) >= 11 is 0. The van der Waals surface area contributed by atoms with Crippen LogP contribution < -0.4 is 5.32 Å². The van der Waals surface area contributed by atoms with Crippen molar-refractivity contribution >= 4 is 5.97 Å². The normalized spacial score (nSPS) is 14.9. The Bertz CT molecular complexity index is 238. The molecule has 1 unspecified atom stereocenters. The number of hydrogen-bond donors (Lipinski definition) is 1. The molecular formula is C12H23NO2. The predicted octanol–water partition coefficient (Wildman–Crippen LogP) is 2.13. The number of esters is 1. The van der Waals surface area contributed by atoms with Gasteiger partial charge in [-0.3, -0.25) is 0 Å². The summed E-state index contributed by atoms with van der Waals surface area (Å²) in [6.45, 7) is 11.1. The minimum absolute atomic E-state index is 0.229. The summed E-state index contributed by atoms with van der Waals surface area (Å²) in [6.07, 6.45) is 1.86. The van der Waals surface area contributed by atoms with E-state index in [1.807, 2.05) is 6.08 Å². The number of nitrogens with one attached hydrogen (secondary N) is 1. The van der Waals surface area contributed by atoms with Crippen molar-refractivity contribution in [2.75, 3.05) is 13.7 Å². The third-order valence-corrected chi connectivity index (χ3v) is 2.64. The fraction of sp³-hybridized carbons (Fsp3) is 0.750. The fourth-order valence-corrected chi connectivity index (χ4v) is 0.939. The molecule has 0 aromatic rings. The first kappa shape index (κ1) is 14.2. The van der Waals surface area contributed by atoms with Crippen molar-refractivity contribution in [3.05, 3.63) is 11.6 Å². The van der Waals surface area contributed by atoms with Crippen LogP contribution in [0, 0.1) is 5.41 Å². The van der Waals surface area contributed by atoms with Gasteiger partial charge in [0, 0.05) is 18.2 Å². The van der Waals surface area contributed by atoms with E-state index in [-0.39, 0.29) is 11.4 Å². The lowest BCUT2D eigenvalue weighted by atomic mass is 9.88. The summed E-state index contributed by atoms with van der Waals surface area (Å²) < 4.78 is 4.60. The van der Waals surface area contributed by atoms with Crippen LogP contribution in [0.4, 0.5) is 0 Å². The van der Waals surface area contributed by atoms with E-state index in [1.165, 1.54) is 7.11 Å². The van der Waals surface area contributed by atoms with Crippen molar-refractivity contribution in [2.24, 2.45) is 5.41 Å². The number of methoxy groups -OCH3 is 1. The van der Waals surface area contributed by atoms with Crippen LogP contribution in [0.2, 0.25) is 0 Å². The molecule has 3 heteroatoms. The summed E-state index contributed by atoms with van der Waals surface area (Å²) in [5.41, 5.74) is 0.874. The standard InChI is InChI=1S/C12H23NO2/c1-9(11(14)15-6)7-8-13-10(2)12(3,4)5/h7,10,13H,8H2,1-6H3. The minimum atomic E-state index is -0.264. The Hall–Kier alpha value is -0.830. The van der Waals surface area contributed by atoms with Crippen LogP contribution in [0.15, 0.2) is 11.6 Å². The Morgan fingerprint density at radius 1 is 1.47 bits per heavy atom. The second-order valence-corrected chi connectivity index (χ2v) is 4.87. The van der Waals surface area contributed by atoms with Crippen LogP contribution in [0.1, 0.15) is 34.6 Å². The maximum Gasteiger partial charge on any atom is 0.333 e. The fourth-order valence-electron chi connectivity index (χ4n) is 0.939. The number of ether oxygens (including phenoxy) is 1. The molecule has 88 valence electrons. The van der Waals surface area contributed by atoms with Crippen molar-refractivity contribution in [1.29, 1.82) is 0 Å². The molecule has 0 saturated heterocycles. The Morgan fingerprint density at radius 3 is 2.40 bits per heavy atom. The van der Waals surface area contributed by atoms with Gasteiger partial charge in [0.1, 0.15) is 0 Å². The van der Waals surface area contributed by atoms with Gasteiger partial charge in [0.05, 0.1) is 7.11 Å². The molecule has 0 amide bonds. The zero-order chi connectivity index (χ0) is 12.1. The molecule has 0 heterocycles. The van der Waals surface area contributed by atoms with E-state index < -0.39 is 0 Å². The summed E-state index contributed by atoms with van der Waals surface area (Å²) in [5.74, 6) is -0.264. The molecule has 0 bridgehead atoms. The lowest BCUT2D eigenvalue weighted by Gasteiger charge is -2.27. The maximum absolute atomic E-state index is 11.1. The molecule has 0 spiro atoms. The van der Waals surface area contributed by atoms with Crippen LogP contribution in [0.25, 0.3) is 0 Å². The van der Waals surface area contributed by atoms with Gasteiger partial charge in [-0.25, -0.2) is 4.79 Å². The van der Waals surface area contributed by atoms with Gasteiger partial charge in [0.2, 0.25) is 0 Å². The van der Waals surface area contributed by atoms with Gasteiger partial charge >= 0.3 is 5.97 Å². The molecule has 0 aromatic carbocycles. The van der Waals surface area contributed by atoms with E-state index in [9.17, 15) is 4.79 Å². The Kier molecular flexibility index (Phi) is 5.58. The molecule has 1 atom stereocenters. The molecule has 1 N–H and O–H groups in total. The topological polar surface area (TPSA) is 38.3 Å². The first-order valence-corrected chi connectivity index (χ1v) is 5.27. The van der Waals surface area contributed by atoms with E-state index in [1.54, 1.807) is 6.92 Å². The zero-order valence-corrected chi connectivity index (χ0v) is 10.7. The van der Waals surface area contributed by atoms with Gasteiger partial charge in [-0.1, -0.05) is 26.8 Å². The van der Waals surface area contributed by atoms with Gasteiger partial charge < -0.3 is 10.1 Å². The zero-order valence-electron chi connectivity index (χ0n) is 10.7. The molecule has 3 nitrogen and oxygen atoms in total. The third-order valence-electron chi connectivity index (χ3n) is 2.64. The van der Waals surface area contributed by atoms with E-state index >= 15 is 0 Å². The molecule has 0 fully saturated rings. The van der Waals surface area contributed by atoms with Crippen LogP contribution in [0.3, 0.4) is 0 Å². The first-order chi connectivity index (χ1) is 6.79. The molecule has 0 rings (SSSR count). The average molecular weight is 213 g/mol. The SMILES string of the molecule is COC(=O)C(C)=CCNC(C)C(C)(C)C. The quantitative estimate of drug-likeness (QED) is 0.574. The van der Waals surface area contributed by atoms with Crippen molar-refractivity contribution in [2.45, 2.75) is 40.7 Å². The second kappa shape index (κ2) is 5.91. The van der Waals surface area contributed by atoms with E-state index in [4.69, 9.17) is 0 Å². The molecule has 0 aliphatic carbocycles. The van der Waals surface area contributed by atoms with E-state index in [2.05, 4.69) is 37.7 Å². The smallest absolute Gasteiger partial charge is 0.333 e. The van der Waals surface area contributed by atoms with Gasteiger partial charge in [-0.15, -0.1) is 0 Å². The van der Waals surface area contributed by atoms with Gasteiger partial charge in [0.25, 0.3) is 0 Å². The molecular weight excluding hydrogens is 190 g/mol. The Balaban J connectivity index is 4.03. The van der Waals surface area contributed by atoms with Crippen LogP contribution in [-0.2, 0) is 9.53 Å². The number of rotatable bonds is 4. The van der Waals surface area contributed by atoms with Crippen LogP contribution in [0.5, 0.6) is 0 Å². The number of carbonyl (C=O) groups is 1. The third kappa shape index (κ3) is 5.57. The average Bonchev–Trinajstić information content (AvgIpc) is 2.14. The molecule has 0 saturated carbocycles. The number of carbonyl (C=O) groups excluding carboxylic acids is 1. The predicted molar refractivity (Wildman–Crippen MR) is 62.7 cm³/mol. The summed E-state index contributed by atoms with van der Waals surface area (Å²) in [6, 6.07) is 0.402.